The molecule has 0 radical (unpaired) electrons. The van der Waals surface area contributed by atoms with Crippen LogP contribution in [-0.2, 0) is 6.42 Å². The van der Waals surface area contributed by atoms with E-state index in [9.17, 15) is 0 Å². The van der Waals surface area contributed by atoms with Gasteiger partial charge in [0.05, 0.1) is 5.52 Å². The van der Waals surface area contributed by atoms with Crippen molar-refractivity contribution in [1.82, 2.24) is 10.2 Å². The molecule has 1 aromatic heterocycles. The number of aromatic amines is 1. The van der Waals surface area contributed by atoms with Crippen LogP contribution in [0.4, 0.5) is 0 Å². The Kier molecular flexibility index (Phi) is 2.05. The van der Waals surface area contributed by atoms with Crippen LogP contribution in [0.1, 0.15) is 24.6 Å². The summed E-state index contributed by atoms with van der Waals surface area (Å²) in [5, 5.41) is 8.47. The summed E-state index contributed by atoms with van der Waals surface area (Å²) >= 11 is 0. The third kappa shape index (κ3) is 1.44. The van der Waals surface area contributed by atoms with E-state index in [2.05, 4.69) is 42.2 Å². The molecule has 0 amide bonds. The molecule has 1 N–H and O–H groups in total. The Morgan fingerprint density at radius 1 is 1.38 bits per heavy atom. The van der Waals surface area contributed by atoms with Crippen LogP contribution in [0, 0.1) is 6.92 Å². The minimum Gasteiger partial charge on any atom is -0.282 e. The highest BCUT2D eigenvalue weighted by atomic mass is 15.1. The fourth-order valence-corrected chi connectivity index (χ4v) is 1.64. The van der Waals surface area contributed by atoms with Crippen LogP contribution in [0.2, 0.25) is 0 Å². The summed E-state index contributed by atoms with van der Waals surface area (Å²) in [5.74, 6) is 0. The molecule has 2 nitrogen and oxygen atoms in total. The average Bonchev–Trinajstić information content (AvgIpc) is 2.48. The summed E-state index contributed by atoms with van der Waals surface area (Å²) in [6.07, 6.45) is 2.33. The van der Waals surface area contributed by atoms with Crippen molar-refractivity contribution < 1.29 is 0 Å². The summed E-state index contributed by atoms with van der Waals surface area (Å²) in [4.78, 5) is 0. The molecule has 1 aromatic carbocycles. The first-order valence-corrected chi connectivity index (χ1v) is 4.75. The smallest absolute Gasteiger partial charge is 0.0926 e. The molecule has 0 aliphatic heterocycles. The van der Waals surface area contributed by atoms with Crippen molar-refractivity contribution in [3.05, 3.63) is 29.5 Å². The van der Waals surface area contributed by atoms with Gasteiger partial charge in [0.1, 0.15) is 0 Å². The second-order valence-corrected chi connectivity index (χ2v) is 3.45. The number of rotatable bonds is 2. The molecule has 13 heavy (non-hydrogen) atoms. The summed E-state index contributed by atoms with van der Waals surface area (Å²) < 4.78 is 0. The van der Waals surface area contributed by atoms with E-state index in [0.29, 0.717) is 0 Å². The SMILES string of the molecule is CCCc1ccc2c(C)[nH]nc2c1. The maximum atomic E-state index is 4.24. The maximum Gasteiger partial charge on any atom is 0.0926 e. The molecule has 2 aromatic rings. The van der Waals surface area contributed by atoms with Gasteiger partial charge in [-0.1, -0.05) is 25.5 Å². The van der Waals surface area contributed by atoms with Gasteiger partial charge >= 0.3 is 0 Å². The third-order valence-corrected chi connectivity index (χ3v) is 2.35. The first-order chi connectivity index (χ1) is 6.31. The Labute approximate surface area is 78.0 Å². The van der Waals surface area contributed by atoms with Crippen LogP contribution in [-0.4, -0.2) is 10.2 Å². The second kappa shape index (κ2) is 3.21. The summed E-state index contributed by atoms with van der Waals surface area (Å²) in [5.41, 5.74) is 3.61. The van der Waals surface area contributed by atoms with Crippen molar-refractivity contribution in [2.24, 2.45) is 0 Å². The van der Waals surface area contributed by atoms with Crippen molar-refractivity contribution in [3.8, 4) is 0 Å². The first kappa shape index (κ1) is 8.30. The van der Waals surface area contributed by atoms with Crippen molar-refractivity contribution in [2.45, 2.75) is 26.7 Å². The fourth-order valence-electron chi connectivity index (χ4n) is 1.64. The summed E-state index contributed by atoms with van der Waals surface area (Å²) in [7, 11) is 0. The Hall–Kier alpha value is -1.31. The lowest BCUT2D eigenvalue weighted by molar-refractivity contribution is 0.923. The second-order valence-electron chi connectivity index (χ2n) is 3.45. The number of hydrogen-bond donors (Lipinski definition) is 1. The van der Waals surface area contributed by atoms with Crippen LogP contribution in [0.3, 0.4) is 0 Å². The quantitative estimate of drug-likeness (QED) is 0.745. The van der Waals surface area contributed by atoms with E-state index in [1.807, 2.05) is 0 Å². The molecule has 0 saturated carbocycles. The minimum absolute atomic E-state index is 1.09. The number of nitrogens with one attached hydrogen (secondary N) is 1. The highest BCUT2D eigenvalue weighted by Crippen LogP contribution is 2.17. The largest absolute Gasteiger partial charge is 0.282 e. The van der Waals surface area contributed by atoms with E-state index in [4.69, 9.17) is 0 Å². The zero-order valence-corrected chi connectivity index (χ0v) is 8.09. The van der Waals surface area contributed by atoms with Gasteiger partial charge in [-0.25, -0.2) is 0 Å². The van der Waals surface area contributed by atoms with Gasteiger partial charge in [-0.2, -0.15) is 5.10 Å². The predicted molar refractivity (Wildman–Crippen MR) is 54.8 cm³/mol. The Morgan fingerprint density at radius 3 is 3.00 bits per heavy atom. The van der Waals surface area contributed by atoms with Crippen LogP contribution in [0.25, 0.3) is 10.9 Å². The standard InChI is InChI=1S/C11H14N2/c1-3-4-9-5-6-10-8(2)12-13-11(10)7-9/h5-7H,3-4H2,1-2H3,(H,12,13). The van der Waals surface area contributed by atoms with Gasteiger partial charge in [0.2, 0.25) is 0 Å². The highest BCUT2D eigenvalue weighted by Gasteiger charge is 2.01. The van der Waals surface area contributed by atoms with Gasteiger partial charge in [-0.3, -0.25) is 5.10 Å². The molecule has 0 fully saturated rings. The molecule has 1 heterocycles. The molecule has 0 bridgehead atoms. The Bertz CT molecular complexity index is 415. The fraction of sp³-hybridized carbons (Fsp3) is 0.364. The maximum absolute atomic E-state index is 4.24. The molecule has 0 saturated heterocycles. The van der Waals surface area contributed by atoms with E-state index >= 15 is 0 Å². The van der Waals surface area contributed by atoms with Crippen molar-refractivity contribution in [2.75, 3.05) is 0 Å². The van der Waals surface area contributed by atoms with E-state index in [1.54, 1.807) is 0 Å². The average molecular weight is 174 g/mol. The molecule has 0 spiro atoms. The normalized spacial score (nSPS) is 10.9. The number of H-pyrrole nitrogens is 1. The first-order valence-electron chi connectivity index (χ1n) is 4.75. The number of nitrogens with zero attached hydrogens (tertiary/aromatic N) is 1. The Balaban J connectivity index is 2.50. The summed E-state index contributed by atoms with van der Waals surface area (Å²) in [6.45, 7) is 4.24. The molecule has 0 atom stereocenters. The van der Waals surface area contributed by atoms with E-state index in [0.717, 1.165) is 17.6 Å². The lowest BCUT2D eigenvalue weighted by Gasteiger charge is -1.97. The zero-order valence-electron chi connectivity index (χ0n) is 8.09. The highest BCUT2D eigenvalue weighted by molar-refractivity contribution is 5.81. The van der Waals surface area contributed by atoms with Gasteiger partial charge in [0.25, 0.3) is 0 Å². The number of fused-ring (bicyclic) bond motifs is 1. The monoisotopic (exact) mass is 174 g/mol. The van der Waals surface area contributed by atoms with Gasteiger partial charge in [0.15, 0.2) is 0 Å². The van der Waals surface area contributed by atoms with Gasteiger partial charge < -0.3 is 0 Å². The zero-order chi connectivity index (χ0) is 9.26. The molecule has 2 heteroatoms. The minimum atomic E-state index is 1.09. The van der Waals surface area contributed by atoms with Crippen LogP contribution in [0.5, 0.6) is 0 Å². The van der Waals surface area contributed by atoms with Gasteiger partial charge in [-0.05, 0) is 25.0 Å². The van der Waals surface area contributed by atoms with Gasteiger partial charge in [-0.15, -0.1) is 0 Å². The lowest BCUT2D eigenvalue weighted by atomic mass is 10.1. The van der Waals surface area contributed by atoms with Crippen molar-refractivity contribution in [1.29, 1.82) is 0 Å². The topological polar surface area (TPSA) is 28.7 Å². The van der Waals surface area contributed by atoms with Crippen molar-refractivity contribution in [3.63, 3.8) is 0 Å². The predicted octanol–water partition coefficient (Wildman–Crippen LogP) is 2.82. The molecular formula is C11H14N2. The molecule has 0 aliphatic rings. The number of benzene rings is 1. The lowest BCUT2D eigenvalue weighted by Crippen LogP contribution is -1.82. The molecule has 0 unspecified atom stereocenters. The van der Waals surface area contributed by atoms with Crippen LogP contribution < -0.4 is 0 Å². The van der Waals surface area contributed by atoms with E-state index in [1.165, 1.54) is 17.4 Å². The van der Waals surface area contributed by atoms with Crippen LogP contribution in [0.15, 0.2) is 18.2 Å². The third-order valence-electron chi connectivity index (χ3n) is 2.35. The number of aryl methyl sites for hydroxylation is 2. The molecule has 68 valence electrons. The molecular weight excluding hydrogens is 160 g/mol. The Morgan fingerprint density at radius 2 is 2.23 bits per heavy atom. The summed E-state index contributed by atoms with van der Waals surface area (Å²) in [6, 6.07) is 6.51. The number of aromatic nitrogens is 2. The molecule has 2 rings (SSSR count). The number of hydrogen-bond acceptors (Lipinski definition) is 1. The van der Waals surface area contributed by atoms with E-state index < -0.39 is 0 Å². The van der Waals surface area contributed by atoms with Crippen molar-refractivity contribution >= 4 is 10.9 Å². The van der Waals surface area contributed by atoms with Gasteiger partial charge in [0, 0.05) is 11.1 Å². The van der Waals surface area contributed by atoms with Crippen LogP contribution >= 0.6 is 0 Å². The molecule has 0 aliphatic carbocycles. The van der Waals surface area contributed by atoms with E-state index in [-0.39, 0.29) is 0 Å².